The summed E-state index contributed by atoms with van der Waals surface area (Å²) in [5.41, 5.74) is 3.07. The molecule has 160 valence electrons. The lowest BCUT2D eigenvalue weighted by Gasteiger charge is -2.12. The molecule has 0 radical (unpaired) electrons. The molecule has 0 spiro atoms. The molecule has 0 heterocycles. The number of ether oxygens (including phenoxy) is 1. The first-order valence-electron chi connectivity index (χ1n) is 9.64. The van der Waals surface area contributed by atoms with Crippen LogP contribution in [-0.4, -0.2) is 20.9 Å². The summed E-state index contributed by atoms with van der Waals surface area (Å²) in [5, 5.41) is 2.81. The molecule has 0 saturated carbocycles. The Labute approximate surface area is 182 Å². The Kier molecular flexibility index (Phi) is 6.77. The minimum absolute atomic E-state index is 0.180. The number of anilines is 2. The van der Waals surface area contributed by atoms with E-state index in [9.17, 15) is 13.2 Å². The summed E-state index contributed by atoms with van der Waals surface area (Å²) in [4.78, 5) is 12.8. The van der Waals surface area contributed by atoms with Crippen molar-refractivity contribution in [3.8, 4) is 5.75 Å². The van der Waals surface area contributed by atoms with Gasteiger partial charge in [-0.1, -0.05) is 30.4 Å². The van der Waals surface area contributed by atoms with Gasteiger partial charge in [-0.2, -0.15) is 0 Å². The molecule has 31 heavy (non-hydrogen) atoms. The predicted molar refractivity (Wildman–Crippen MR) is 123 cm³/mol. The van der Waals surface area contributed by atoms with Gasteiger partial charge in [-0.05, 0) is 74.0 Å². The van der Waals surface area contributed by atoms with Crippen LogP contribution < -0.4 is 14.8 Å². The number of carbonyl (C=O) groups is 1. The molecule has 7 heteroatoms. The van der Waals surface area contributed by atoms with Crippen molar-refractivity contribution < 1.29 is 17.9 Å². The van der Waals surface area contributed by atoms with Crippen LogP contribution in [0.3, 0.4) is 0 Å². The SMILES string of the molecule is C=CCOc1ccc(NC(=O)c2ccc(NS(=O)(=O)c3ccc(C)cc3)c(C)c2)cc1. The first kappa shape index (κ1) is 22.1. The van der Waals surface area contributed by atoms with Crippen LogP contribution in [0.4, 0.5) is 11.4 Å². The van der Waals surface area contributed by atoms with Gasteiger partial charge in [0.25, 0.3) is 15.9 Å². The Morgan fingerprint density at radius 2 is 1.68 bits per heavy atom. The minimum atomic E-state index is -3.71. The van der Waals surface area contributed by atoms with Gasteiger partial charge in [0.05, 0.1) is 10.6 Å². The molecule has 0 atom stereocenters. The highest BCUT2D eigenvalue weighted by Crippen LogP contribution is 2.22. The molecule has 3 aromatic rings. The number of hydrogen-bond acceptors (Lipinski definition) is 4. The molecule has 2 N–H and O–H groups in total. The third-order valence-corrected chi connectivity index (χ3v) is 5.93. The lowest BCUT2D eigenvalue weighted by molar-refractivity contribution is 0.102. The molecular weight excluding hydrogens is 412 g/mol. The Morgan fingerprint density at radius 3 is 2.29 bits per heavy atom. The normalized spacial score (nSPS) is 10.9. The van der Waals surface area contributed by atoms with Crippen LogP contribution in [0.2, 0.25) is 0 Å². The summed E-state index contributed by atoms with van der Waals surface area (Å²) in [6.45, 7) is 7.64. The van der Waals surface area contributed by atoms with Gasteiger partial charge < -0.3 is 10.1 Å². The topological polar surface area (TPSA) is 84.5 Å². The Balaban J connectivity index is 1.70. The molecule has 0 aliphatic heterocycles. The number of carbonyl (C=O) groups excluding carboxylic acids is 1. The van der Waals surface area contributed by atoms with E-state index in [0.29, 0.717) is 34.9 Å². The molecule has 0 unspecified atom stereocenters. The summed E-state index contributed by atoms with van der Waals surface area (Å²) in [7, 11) is -3.71. The number of hydrogen-bond donors (Lipinski definition) is 2. The van der Waals surface area contributed by atoms with E-state index in [4.69, 9.17) is 4.74 Å². The van der Waals surface area contributed by atoms with Crippen LogP contribution >= 0.6 is 0 Å². The number of sulfonamides is 1. The van der Waals surface area contributed by atoms with E-state index in [1.807, 2.05) is 6.92 Å². The molecule has 3 aromatic carbocycles. The van der Waals surface area contributed by atoms with Crippen molar-refractivity contribution in [1.82, 2.24) is 0 Å². The van der Waals surface area contributed by atoms with Crippen molar-refractivity contribution in [2.45, 2.75) is 18.7 Å². The van der Waals surface area contributed by atoms with Crippen molar-refractivity contribution in [1.29, 1.82) is 0 Å². The van der Waals surface area contributed by atoms with Gasteiger partial charge in [-0.3, -0.25) is 9.52 Å². The molecule has 1 amide bonds. The number of amides is 1. The maximum Gasteiger partial charge on any atom is 0.261 e. The summed E-state index contributed by atoms with van der Waals surface area (Å²) in [6.07, 6.45) is 1.66. The molecule has 0 saturated heterocycles. The molecule has 6 nitrogen and oxygen atoms in total. The second-order valence-electron chi connectivity index (χ2n) is 7.03. The fourth-order valence-electron chi connectivity index (χ4n) is 2.83. The number of rotatable bonds is 8. The molecule has 0 aliphatic carbocycles. The Morgan fingerprint density at radius 1 is 1.00 bits per heavy atom. The zero-order chi connectivity index (χ0) is 22.4. The van der Waals surface area contributed by atoms with E-state index in [2.05, 4.69) is 16.6 Å². The zero-order valence-corrected chi connectivity index (χ0v) is 18.2. The molecular formula is C24H24N2O4S. The van der Waals surface area contributed by atoms with Gasteiger partial charge in [-0.15, -0.1) is 0 Å². The van der Waals surface area contributed by atoms with Gasteiger partial charge in [0.2, 0.25) is 0 Å². The van der Waals surface area contributed by atoms with Gasteiger partial charge in [0.1, 0.15) is 12.4 Å². The van der Waals surface area contributed by atoms with Crippen LogP contribution in [0, 0.1) is 13.8 Å². The number of benzene rings is 3. The first-order chi connectivity index (χ1) is 14.8. The monoisotopic (exact) mass is 436 g/mol. The second kappa shape index (κ2) is 9.49. The van der Waals surface area contributed by atoms with E-state index in [-0.39, 0.29) is 10.8 Å². The maximum absolute atomic E-state index is 12.6. The van der Waals surface area contributed by atoms with E-state index < -0.39 is 10.0 Å². The largest absolute Gasteiger partial charge is 0.490 e. The van der Waals surface area contributed by atoms with Gasteiger partial charge in [-0.25, -0.2) is 8.42 Å². The van der Waals surface area contributed by atoms with Crippen molar-refractivity contribution >= 4 is 27.3 Å². The minimum Gasteiger partial charge on any atom is -0.490 e. The van der Waals surface area contributed by atoms with Crippen molar-refractivity contribution in [3.05, 3.63) is 96.1 Å². The Bertz CT molecular complexity index is 1190. The molecule has 0 aromatic heterocycles. The standard InChI is InChI=1S/C24H24N2O4S/c1-4-15-30-21-10-8-20(9-11-21)25-24(27)19-7-14-23(18(3)16-19)26-31(28,29)22-12-5-17(2)6-13-22/h4-14,16,26H,1,15H2,2-3H3,(H,25,27). The van der Waals surface area contributed by atoms with Crippen LogP contribution in [0.5, 0.6) is 5.75 Å². The number of aryl methyl sites for hydroxylation is 2. The fraction of sp³-hybridized carbons (Fsp3) is 0.125. The highest BCUT2D eigenvalue weighted by molar-refractivity contribution is 7.92. The van der Waals surface area contributed by atoms with Gasteiger partial charge >= 0.3 is 0 Å². The highest BCUT2D eigenvalue weighted by atomic mass is 32.2. The van der Waals surface area contributed by atoms with E-state index in [1.54, 1.807) is 79.7 Å². The summed E-state index contributed by atoms with van der Waals surface area (Å²) in [6, 6.07) is 18.4. The predicted octanol–water partition coefficient (Wildman–Crippen LogP) is 4.92. The van der Waals surface area contributed by atoms with Crippen LogP contribution in [0.1, 0.15) is 21.5 Å². The van der Waals surface area contributed by atoms with Crippen molar-refractivity contribution in [2.75, 3.05) is 16.6 Å². The average Bonchev–Trinajstić information content (AvgIpc) is 2.75. The molecule has 0 fully saturated rings. The highest BCUT2D eigenvalue weighted by Gasteiger charge is 2.16. The first-order valence-corrected chi connectivity index (χ1v) is 11.1. The van der Waals surface area contributed by atoms with Crippen LogP contribution in [-0.2, 0) is 10.0 Å². The van der Waals surface area contributed by atoms with Gasteiger partial charge in [0.15, 0.2) is 0 Å². The summed E-state index contributed by atoms with van der Waals surface area (Å²) >= 11 is 0. The van der Waals surface area contributed by atoms with Crippen molar-refractivity contribution in [3.63, 3.8) is 0 Å². The summed E-state index contributed by atoms with van der Waals surface area (Å²) in [5.74, 6) is 0.384. The van der Waals surface area contributed by atoms with Crippen molar-refractivity contribution in [2.24, 2.45) is 0 Å². The van der Waals surface area contributed by atoms with Crippen LogP contribution in [0.15, 0.2) is 84.3 Å². The molecule has 0 bridgehead atoms. The zero-order valence-electron chi connectivity index (χ0n) is 17.4. The lowest BCUT2D eigenvalue weighted by Crippen LogP contribution is -2.15. The maximum atomic E-state index is 12.6. The quantitative estimate of drug-likeness (QED) is 0.491. The third-order valence-electron chi connectivity index (χ3n) is 4.54. The lowest BCUT2D eigenvalue weighted by atomic mass is 10.1. The molecule has 3 rings (SSSR count). The van der Waals surface area contributed by atoms with Crippen LogP contribution in [0.25, 0.3) is 0 Å². The van der Waals surface area contributed by atoms with E-state index >= 15 is 0 Å². The fourth-order valence-corrected chi connectivity index (χ4v) is 3.96. The average molecular weight is 437 g/mol. The van der Waals surface area contributed by atoms with E-state index in [1.165, 1.54) is 0 Å². The van der Waals surface area contributed by atoms with Gasteiger partial charge in [0, 0.05) is 11.3 Å². The smallest absolute Gasteiger partial charge is 0.261 e. The summed E-state index contributed by atoms with van der Waals surface area (Å²) < 4.78 is 33.2. The molecule has 0 aliphatic rings. The Hall–Kier alpha value is -3.58. The third kappa shape index (κ3) is 5.73. The second-order valence-corrected chi connectivity index (χ2v) is 8.71. The van der Waals surface area contributed by atoms with E-state index in [0.717, 1.165) is 5.56 Å². The number of nitrogens with one attached hydrogen (secondary N) is 2.